The van der Waals surface area contributed by atoms with Crippen LogP contribution in [-0.2, 0) is 14.3 Å². The quantitative estimate of drug-likeness (QED) is 0.822. The van der Waals surface area contributed by atoms with Gasteiger partial charge in [0.15, 0.2) is 0 Å². The Morgan fingerprint density at radius 2 is 2.05 bits per heavy atom. The average Bonchev–Trinajstić information content (AvgIpc) is 2.94. The second-order valence-electron chi connectivity index (χ2n) is 5.03. The van der Waals surface area contributed by atoms with Crippen LogP contribution in [0.2, 0.25) is 0 Å². The van der Waals surface area contributed by atoms with E-state index >= 15 is 0 Å². The lowest BCUT2D eigenvalue weighted by molar-refractivity contribution is -0.125. The standard InChI is InChI=1S/C13H22N2O4/c1-2-19-13(17)15-6-3-11(4-7-15)14-12(16)10-5-8-18-9-10/h10-11H,2-9H2,1H3,(H,14,16). The molecule has 19 heavy (non-hydrogen) atoms. The second kappa shape index (κ2) is 6.75. The summed E-state index contributed by atoms with van der Waals surface area (Å²) in [5.74, 6) is 0.0928. The van der Waals surface area contributed by atoms with Gasteiger partial charge in [-0.05, 0) is 26.2 Å². The number of piperidine rings is 1. The molecule has 108 valence electrons. The Kier molecular flexibility index (Phi) is 5.01. The molecule has 0 radical (unpaired) electrons. The maximum Gasteiger partial charge on any atom is 0.409 e. The van der Waals surface area contributed by atoms with Crippen molar-refractivity contribution in [2.75, 3.05) is 32.9 Å². The third-order valence-electron chi connectivity index (χ3n) is 3.67. The molecule has 2 saturated heterocycles. The minimum Gasteiger partial charge on any atom is -0.450 e. The molecule has 1 N–H and O–H groups in total. The number of carbonyl (C=O) groups is 2. The summed E-state index contributed by atoms with van der Waals surface area (Å²) in [4.78, 5) is 25.2. The first-order chi connectivity index (χ1) is 9.20. The second-order valence-corrected chi connectivity index (χ2v) is 5.03. The summed E-state index contributed by atoms with van der Waals surface area (Å²) >= 11 is 0. The molecule has 1 unspecified atom stereocenters. The Morgan fingerprint density at radius 3 is 2.63 bits per heavy atom. The van der Waals surface area contributed by atoms with Crippen LogP contribution in [0.4, 0.5) is 4.79 Å². The molecule has 1 atom stereocenters. The molecular formula is C13H22N2O4. The van der Waals surface area contributed by atoms with Crippen molar-refractivity contribution in [1.82, 2.24) is 10.2 Å². The molecule has 2 rings (SSSR count). The van der Waals surface area contributed by atoms with Gasteiger partial charge in [-0.2, -0.15) is 0 Å². The van der Waals surface area contributed by atoms with E-state index in [0.29, 0.717) is 32.9 Å². The molecular weight excluding hydrogens is 248 g/mol. The molecule has 0 spiro atoms. The molecule has 0 aliphatic carbocycles. The van der Waals surface area contributed by atoms with Crippen LogP contribution in [-0.4, -0.2) is 55.9 Å². The fraction of sp³-hybridized carbons (Fsp3) is 0.846. The van der Waals surface area contributed by atoms with Gasteiger partial charge in [-0.15, -0.1) is 0 Å². The fourth-order valence-corrected chi connectivity index (χ4v) is 2.48. The van der Waals surface area contributed by atoms with Gasteiger partial charge in [0.1, 0.15) is 0 Å². The lowest BCUT2D eigenvalue weighted by Gasteiger charge is -2.32. The number of nitrogens with zero attached hydrogens (tertiary/aromatic N) is 1. The van der Waals surface area contributed by atoms with Crippen molar-refractivity contribution in [3.63, 3.8) is 0 Å². The zero-order chi connectivity index (χ0) is 13.7. The first-order valence-electron chi connectivity index (χ1n) is 7.00. The lowest BCUT2D eigenvalue weighted by Crippen LogP contribution is -2.48. The number of hydrogen-bond donors (Lipinski definition) is 1. The lowest BCUT2D eigenvalue weighted by atomic mass is 10.0. The number of hydrogen-bond acceptors (Lipinski definition) is 4. The van der Waals surface area contributed by atoms with Gasteiger partial charge >= 0.3 is 6.09 Å². The topological polar surface area (TPSA) is 67.9 Å². The van der Waals surface area contributed by atoms with E-state index < -0.39 is 0 Å². The Labute approximate surface area is 113 Å². The predicted molar refractivity (Wildman–Crippen MR) is 68.7 cm³/mol. The Bertz CT molecular complexity index is 321. The van der Waals surface area contributed by atoms with Crippen LogP contribution in [0.1, 0.15) is 26.2 Å². The van der Waals surface area contributed by atoms with Crippen LogP contribution in [0.25, 0.3) is 0 Å². The summed E-state index contributed by atoms with van der Waals surface area (Å²) in [7, 11) is 0. The minimum absolute atomic E-state index is 0.00286. The number of rotatable bonds is 3. The largest absolute Gasteiger partial charge is 0.450 e. The van der Waals surface area contributed by atoms with Crippen LogP contribution in [0.15, 0.2) is 0 Å². The molecule has 0 aromatic rings. The zero-order valence-corrected chi connectivity index (χ0v) is 11.4. The van der Waals surface area contributed by atoms with Crippen molar-refractivity contribution in [1.29, 1.82) is 0 Å². The zero-order valence-electron chi connectivity index (χ0n) is 11.4. The third kappa shape index (κ3) is 3.83. The molecule has 6 heteroatoms. The Morgan fingerprint density at radius 1 is 1.32 bits per heavy atom. The van der Waals surface area contributed by atoms with Gasteiger partial charge in [0, 0.05) is 25.7 Å². The van der Waals surface area contributed by atoms with E-state index in [-0.39, 0.29) is 24.0 Å². The van der Waals surface area contributed by atoms with E-state index in [4.69, 9.17) is 9.47 Å². The Balaban J connectivity index is 1.71. The maximum absolute atomic E-state index is 11.9. The smallest absolute Gasteiger partial charge is 0.409 e. The molecule has 0 bridgehead atoms. The highest BCUT2D eigenvalue weighted by atomic mass is 16.6. The highest BCUT2D eigenvalue weighted by Crippen LogP contribution is 2.15. The van der Waals surface area contributed by atoms with Crippen LogP contribution in [0, 0.1) is 5.92 Å². The molecule has 0 saturated carbocycles. The van der Waals surface area contributed by atoms with Crippen molar-refractivity contribution in [2.45, 2.75) is 32.2 Å². The number of carbonyl (C=O) groups excluding carboxylic acids is 2. The SMILES string of the molecule is CCOC(=O)N1CCC(NC(=O)C2CCOC2)CC1. The van der Waals surface area contributed by atoms with Crippen LogP contribution < -0.4 is 5.32 Å². The Hall–Kier alpha value is -1.30. The van der Waals surface area contributed by atoms with Gasteiger partial charge in [-0.1, -0.05) is 0 Å². The van der Waals surface area contributed by atoms with Gasteiger partial charge in [-0.25, -0.2) is 4.79 Å². The monoisotopic (exact) mass is 270 g/mol. The van der Waals surface area contributed by atoms with Crippen molar-refractivity contribution in [3.8, 4) is 0 Å². The van der Waals surface area contributed by atoms with Gasteiger partial charge < -0.3 is 19.7 Å². The highest BCUT2D eigenvalue weighted by Gasteiger charge is 2.28. The number of ether oxygens (including phenoxy) is 2. The van der Waals surface area contributed by atoms with Gasteiger partial charge in [0.25, 0.3) is 0 Å². The number of likely N-dealkylation sites (tertiary alicyclic amines) is 1. The fourth-order valence-electron chi connectivity index (χ4n) is 2.48. The van der Waals surface area contributed by atoms with Crippen molar-refractivity contribution >= 4 is 12.0 Å². The van der Waals surface area contributed by atoms with Gasteiger partial charge in [0.05, 0.1) is 19.1 Å². The van der Waals surface area contributed by atoms with E-state index in [9.17, 15) is 9.59 Å². The number of amides is 2. The van der Waals surface area contributed by atoms with E-state index in [1.807, 2.05) is 0 Å². The van der Waals surface area contributed by atoms with E-state index in [1.165, 1.54) is 0 Å². The minimum atomic E-state index is -0.253. The molecule has 2 aliphatic heterocycles. The van der Waals surface area contributed by atoms with Crippen LogP contribution in [0.3, 0.4) is 0 Å². The molecule has 6 nitrogen and oxygen atoms in total. The first-order valence-corrected chi connectivity index (χ1v) is 7.00. The molecule has 2 fully saturated rings. The number of nitrogens with one attached hydrogen (secondary N) is 1. The normalized spacial score (nSPS) is 24.3. The van der Waals surface area contributed by atoms with Crippen molar-refractivity contribution < 1.29 is 19.1 Å². The van der Waals surface area contributed by atoms with E-state index in [2.05, 4.69) is 5.32 Å². The van der Waals surface area contributed by atoms with Crippen LogP contribution >= 0.6 is 0 Å². The van der Waals surface area contributed by atoms with E-state index in [1.54, 1.807) is 11.8 Å². The highest BCUT2D eigenvalue weighted by molar-refractivity contribution is 5.79. The molecule has 0 aromatic heterocycles. The van der Waals surface area contributed by atoms with E-state index in [0.717, 1.165) is 19.3 Å². The third-order valence-corrected chi connectivity index (χ3v) is 3.67. The molecule has 0 aromatic carbocycles. The molecule has 2 heterocycles. The summed E-state index contributed by atoms with van der Waals surface area (Å²) in [6.07, 6.45) is 2.14. The summed E-state index contributed by atoms with van der Waals surface area (Å²) in [5.41, 5.74) is 0. The summed E-state index contributed by atoms with van der Waals surface area (Å²) in [5, 5.41) is 3.05. The van der Waals surface area contributed by atoms with Gasteiger partial charge in [0.2, 0.25) is 5.91 Å². The summed E-state index contributed by atoms with van der Waals surface area (Å²) in [6, 6.07) is 0.166. The summed E-state index contributed by atoms with van der Waals surface area (Å²) in [6.45, 7) is 4.70. The average molecular weight is 270 g/mol. The van der Waals surface area contributed by atoms with Gasteiger partial charge in [-0.3, -0.25) is 4.79 Å². The first kappa shape index (κ1) is 14.1. The van der Waals surface area contributed by atoms with Crippen LogP contribution in [0.5, 0.6) is 0 Å². The molecule has 2 amide bonds. The van der Waals surface area contributed by atoms with Crippen molar-refractivity contribution in [3.05, 3.63) is 0 Å². The predicted octanol–water partition coefficient (Wildman–Crippen LogP) is 0.760. The summed E-state index contributed by atoms with van der Waals surface area (Å²) < 4.78 is 10.2. The maximum atomic E-state index is 11.9. The molecule has 2 aliphatic rings. The van der Waals surface area contributed by atoms with Crippen molar-refractivity contribution in [2.24, 2.45) is 5.92 Å².